The van der Waals surface area contributed by atoms with Gasteiger partial charge in [0.25, 0.3) is 0 Å². The lowest BCUT2D eigenvalue weighted by Gasteiger charge is -2.18. The molecule has 0 saturated heterocycles. The van der Waals surface area contributed by atoms with Gasteiger partial charge in [-0.1, -0.05) is 179 Å². The van der Waals surface area contributed by atoms with Crippen molar-refractivity contribution in [3.05, 3.63) is 146 Å². The molecule has 1 atom stereocenters. The van der Waals surface area contributed by atoms with Gasteiger partial charge >= 0.3 is 17.9 Å². The number of unbranched alkanes of at least 4 members (excludes halogenated alkanes) is 7. The quantitative estimate of drug-likeness (QED) is 0.0203. The fourth-order valence-corrected chi connectivity index (χ4v) is 5.36. The van der Waals surface area contributed by atoms with E-state index in [1.807, 2.05) is 48.6 Å². The van der Waals surface area contributed by atoms with Gasteiger partial charge < -0.3 is 14.2 Å². The zero-order valence-electron chi connectivity index (χ0n) is 37.6. The number of rotatable bonds is 38. The van der Waals surface area contributed by atoms with E-state index in [9.17, 15) is 14.4 Å². The first-order valence-corrected chi connectivity index (χ1v) is 22.9. The van der Waals surface area contributed by atoms with Gasteiger partial charge in [-0.25, -0.2) is 0 Å². The summed E-state index contributed by atoms with van der Waals surface area (Å²) < 4.78 is 16.6. The smallest absolute Gasteiger partial charge is 0.306 e. The van der Waals surface area contributed by atoms with E-state index in [-0.39, 0.29) is 44.0 Å². The maximum Gasteiger partial charge on any atom is 0.306 e. The summed E-state index contributed by atoms with van der Waals surface area (Å²) >= 11 is 0. The molecule has 0 heterocycles. The third kappa shape index (κ3) is 44.4. The summed E-state index contributed by atoms with van der Waals surface area (Å²) in [5, 5.41) is 0. The van der Waals surface area contributed by atoms with Crippen LogP contribution in [0.2, 0.25) is 0 Å². The summed E-state index contributed by atoms with van der Waals surface area (Å²) in [6.07, 6.45) is 66.9. The molecule has 0 rings (SSSR count). The molecule has 60 heavy (non-hydrogen) atoms. The molecule has 1 unspecified atom stereocenters. The van der Waals surface area contributed by atoms with Gasteiger partial charge in [-0.3, -0.25) is 14.4 Å². The standard InChI is InChI=1S/C54H80O6/c1-4-7-10-13-16-19-22-24-26-28-29-32-35-38-41-44-47-53(56)59-50-51(49-58-52(55)46-43-40-37-34-31-21-18-15-12-9-6-3)60-54(57)48-45-42-39-36-33-30-27-25-23-20-17-14-11-8-5-2/h7-12,14,16-21,23-27,29-30,32-34,37,51H,4-6,13,15,22,28,31,35-36,38-50H2,1-3H3/b10-7-,11-8-,12-9-,17-14-,19-16-,21-18-,23-20-,26-24-,27-25-,32-29-,33-30-,37-34-. The van der Waals surface area contributed by atoms with E-state index in [0.717, 1.165) is 103 Å². The molecule has 0 aliphatic rings. The zero-order valence-corrected chi connectivity index (χ0v) is 37.6. The van der Waals surface area contributed by atoms with Crippen molar-refractivity contribution in [2.24, 2.45) is 0 Å². The van der Waals surface area contributed by atoms with Crippen molar-refractivity contribution in [3.63, 3.8) is 0 Å². The first kappa shape index (κ1) is 55.3. The molecule has 332 valence electrons. The second-order valence-electron chi connectivity index (χ2n) is 14.3. The van der Waals surface area contributed by atoms with Crippen molar-refractivity contribution >= 4 is 17.9 Å². The van der Waals surface area contributed by atoms with Crippen molar-refractivity contribution in [2.45, 2.75) is 162 Å². The van der Waals surface area contributed by atoms with Crippen LogP contribution in [0.25, 0.3) is 0 Å². The molecule has 0 N–H and O–H groups in total. The highest BCUT2D eigenvalue weighted by Crippen LogP contribution is 2.10. The Labute approximate surface area is 366 Å². The van der Waals surface area contributed by atoms with Crippen molar-refractivity contribution < 1.29 is 28.6 Å². The minimum atomic E-state index is -0.838. The molecule has 0 amide bonds. The molecular formula is C54H80O6. The van der Waals surface area contributed by atoms with Crippen LogP contribution >= 0.6 is 0 Å². The van der Waals surface area contributed by atoms with Crippen LogP contribution in [0.4, 0.5) is 0 Å². The van der Waals surface area contributed by atoms with E-state index < -0.39 is 6.10 Å². The van der Waals surface area contributed by atoms with Crippen LogP contribution in [0.3, 0.4) is 0 Å². The molecule has 6 nitrogen and oxygen atoms in total. The summed E-state index contributed by atoms with van der Waals surface area (Å²) in [5.41, 5.74) is 0. The Morgan fingerprint density at radius 3 is 1.17 bits per heavy atom. The Hall–Kier alpha value is -4.71. The maximum absolute atomic E-state index is 12.7. The lowest BCUT2D eigenvalue weighted by Crippen LogP contribution is -2.30. The van der Waals surface area contributed by atoms with E-state index >= 15 is 0 Å². The average Bonchev–Trinajstić information content (AvgIpc) is 3.24. The molecule has 0 aliphatic heterocycles. The Bertz CT molecular complexity index is 1410. The van der Waals surface area contributed by atoms with E-state index in [1.165, 1.54) is 0 Å². The van der Waals surface area contributed by atoms with Gasteiger partial charge in [-0.15, -0.1) is 0 Å². The molecule has 0 spiro atoms. The van der Waals surface area contributed by atoms with Crippen LogP contribution in [-0.4, -0.2) is 37.2 Å². The van der Waals surface area contributed by atoms with Gasteiger partial charge in [0.2, 0.25) is 0 Å². The van der Waals surface area contributed by atoms with Gasteiger partial charge in [0.05, 0.1) is 0 Å². The van der Waals surface area contributed by atoms with E-state index in [0.29, 0.717) is 19.3 Å². The molecular weight excluding hydrogens is 745 g/mol. The summed E-state index contributed by atoms with van der Waals surface area (Å²) in [7, 11) is 0. The van der Waals surface area contributed by atoms with Crippen molar-refractivity contribution in [1.29, 1.82) is 0 Å². The van der Waals surface area contributed by atoms with Gasteiger partial charge in [-0.2, -0.15) is 0 Å². The number of carbonyl (C=O) groups excluding carboxylic acids is 3. The van der Waals surface area contributed by atoms with Crippen LogP contribution in [0.5, 0.6) is 0 Å². The fourth-order valence-electron chi connectivity index (χ4n) is 5.36. The zero-order chi connectivity index (χ0) is 43.7. The van der Waals surface area contributed by atoms with Gasteiger partial charge in [0.1, 0.15) is 13.2 Å². The Morgan fingerprint density at radius 1 is 0.350 bits per heavy atom. The van der Waals surface area contributed by atoms with Crippen molar-refractivity contribution in [2.75, 3.05) is 13.2 Å². The third-order valence-corrected chi connectivity index (χ3v) is 8.70. The molecule has 0 aromatic heterocycles. The molecule has 0 saturated carbocycles. The number of hydrogen-bond acceptors (Lipinski definition) is 6. The highest BCUT2D eigenvalue weighted by molar-refractivity contribution is 5.71. The maximum atomic E-state index is 12.7. The second-order valence-corrected chi connectivity index (χ2v) is 14.3. The van der Waals surface area contributed by atoms with Crippen molar-refractivity contribution in [1.82, 2.24) is 0 Å². The lowest BCUT2D eigenvalue weighted by molar-refractivity contribution is -0.167. The minimum absolute atomic E-state index is 0.135. The predicted molar refractivity (Wildman–Crippen MR) is 255 cm³/mol. The molecule has 0 fully saturated rings. The van der Waals surface area contributed by atoms with Gasteiger partial charge in [0.15, 0.2) is 6.10 Å². The topological polar surface area (TPSA) is 78.9 Å². The normalized spacial score (nSPS) is 13.4. The Morgan fingerprint density at radius 2 is 0.700 bits per heavy atom. The predicted octanol–water partition coefficient (Wildman–Crippen LogP) is 14.9. The summed E-state index contributed by atoms with van der Waals surface area (Å²) in [5.74, 6) is -1.08. The Kier molecular flexibility index (Phi) is 43.3. The number of carbonyl (C=O) groups is 3. The number of allylic oxidation sites excluding steroid dienone is 24. The molecule has 0 aliphatic carbocycles. The number of ether oxygens (including phenoxy) is 3. The second kappa shape index (κ2) is 47.0. The number of esters is 3. The first-order chi connectivity index (χ1) is 29.5. The highest BCUT2D eigenvalue weighted by Gasteiger charge is 2.19. The molecule has 0 aromatic rings. The van der Waals surface area contributed by atoms with Gasteiger partial charge in [0, 0.05) is 19.3 Å². The Balaban J connectivity index is 4.62. The monoisotopic (exact) mass is 825 g/mol. The van der Waals surface area contributed by atoms with Crippen LogP contribution in [0.1, 0.15) is 156 Å². The van der Waals surface area contributed by atoms with E-state index in [1.54, 1.807) is 0 Å². The summed E-state index contributed by atoms with van der Waals surface area (Å²) in [4.78, 5) is 37.8. The van der Waals surface area contributed by atoms with E-state index in [2.05, 4.69) is 118 Å². The fraction of sp³-hybridized carbons (Fsp3) is 0.500. The van der Waals surface area contributed by atoms with Crippen LogP contribution in [0.15, 0.2) is 146 Å². The number of hydrogen-bond donors (Lipinski definition) is 0. The lowest BCUT2D eigenvalue weighted by atomic mass is 10.1. The van der Waals surface area contributed by atoms with E-state index in [4.69, 9.17) is 14.2 Å². The highest BCUT2D eigenvalue weighted by atomic mass is 16.6. The summed E-state index contributed by atoms with van der Waals surface area (Å²) in [6, 6.07) is 0. The van der Waals surface area contributed by atoms with Crippen LogP contribution in [-0.2, 0) is 28.6 Å². The third-order valence-electron chi connectivity index (χ3n) is 8.70. The molecule has 6 heteroatoms. The van der Waals surface area contributed by atoms with Gasteiger partial charge in [-0.05, 0) is 103 Å². The summed E-state index contributed by atoms with van der Waals surface area (Å²) in [6.45, 7) is 6.10. The van der Waals surface area contributed by atoms with Crippen LogP contribution in [0, 0.1) is 0 Å². The average molecular weight is 825 g/mol. The largest absolute Gasteiger partial charge is 0.462 e. The first-order valence-electron chi connectivity index (χ1n) is 22.9. The molecule has 0 radical (unpaired) electrons. The minimum Gasteiger partial charge on any atom is -0.462 e. The molecule has 0 aromatic carbocycles. The van der Waals surface area contributed by atoms with Crippen LogP contribution < -0.4 is 0 Å². The van der Waals surface area contributed by atoms with Crippen molar-refractivity contribution in [3.8, 4) is 0 Å². The molecule has 0 bridgehead atoms. The SMILES string of the molecule is CC\C=C/C=C\C=C/C=C\C=C/CCCCCC(=O)OC(COC(=O)CCC/C=C\C/C=C\C/C=C\CC)COC(=O)CCCCC/C=C\C/C=C\C/C=C\C/C=C\CC.